The van der Waals surface area contributed by atoms with Crippen LogP contribution in [-0.4, -0.2) is 49.2 Å². The van der Waals surface area contributed by atoms with Gasteiger partial charge in [-0.2, -0.15) is 0 Å². The number of carbonyl (C=O) groups is 1. The van der Waals surface area contributed by atoms with Crippen molar-refractivity contribution >= 4 is 17.0 Å². The second-order valence-corrected chi connectivity index (χ2v) is 4.77. The maximum absolute atomic E-state index is 11.5. The van der Waals surface area contributed by atoms with Gasteiger partial charge in [0.05, 0.1) is 11.5 Å². The molecule has 0 unspecified atom stereocenters. The number of carbonyl (C=O) groups excluding carboxylic acids is 1. The Hall–Kier alpha value is -2.01. The number of aromatic nitrogens is 1. The summed E-state index contributed by atoms with van der Waals surface area (Å²) in [6, 6.07) is -2.19. The summed E-state index contributed by atoms with van der Waals surface area (Å²) in [4.78, 5) is 12.7. The highest BCUT2D eigenvalue weighted by atomic mass is 16.6. The van der Waals surface area contributed by atoms with E-state index >= 15 is 0 Å². The Bertz CT molecular complexity index is 1080. The first-order valence-corrected chi connectivity index (χ1v) is 6.39. The van der Waals surface area contributed by atoms with Crippen LogP contribution < -0.4 is 5.31 Å². The molecule has 5 heteroatoms. The summed E-state index contributed by atoms with van der Waals surface area (Å²) in [5, 5.41) is 0.315. The molecule has 1 aromatic heterocycles. The Balaban J connectivity index is 2.22. The molecule has 1 saturated heterocycles. The highest BCUT2D eigenvalue weighted by Gasteiger charge is 2.22. The SMILES string of the molecule is [2H]c1c(C[C@H]2COC(=O)N2[2H])c([2H])c2c(C([2H])([2H])CN(C)C([2H])([2H])[2H])c([2H])n([2H])c2c1[2H]. The van der Waals surface area contributed by atoms with Crippen molar-refractivity contribution in [2.24, 2.45) is 0 Å². The number of H-pyrrole nitrogens is 1. The molecule has 0 saturated carbocycles. The number of fused-ring (bicyclic) bond motifs is 1. The van der Waals surface area contributed by atoms with Crippen LogP contribution in [0, 0.1) is 0 Å². The average molecular weight is 298 g/mol. The van der Waals surface area contributed by atoms with Gasteiger partial charge >= 0.3 is 6.09 Å². The summed E-state index contributed by atoms with van der Waals surface area (Å²) in [5.74, 6) is 0. The van der Waals surface area contributed by atoms with E-state index in [1.807, 2.05) is 0 Å². The lowest BCUT2D eigenvalue weighted by Gasteiger charge is -2.09. The van der Waals surface area contributed by atoms with E-state index in [4.69, 9.17) is 19.9 Å². The fourth-order valence-electron chi connectivity index (χ4n) is 2.03. The fourth-order valence-corrected chi connectivity index (χ4v) is 2.03. The number of hydrogen-bond donors (Lipinski definition) is 2. The summed E-state index contributed by atoms with van der Waals surface area (Å²) in [5.41, 5.74) is -0.805. The van der Waals surface area contributed by atoms with Gasteiger partial charge in [0.1, 0.15) is 6.61 Å². The van der Waals surface area contributed by atoms with Crippen LogP contribution >= 0.6 is 0 Å². The number of benzene rings is 1. The largest absolute Gasteiger partial charge is 0.447 e. The molecular weight excluding hydrogens is 266 g/mol. The quantitative estimate of drug-likeness (QED) is 0.887. The first-order chi connectivity index (χ1) is 14.6. The maximum atomic E-state index is 11.5. The molecular formula is C16H21N3O2. The zero-order valence-corrected chi connectivity index (χ0v) is 11.4. The van der Waals surface area contributed by atoms with E-state index in [9.17, 15) is 4.79 Å². The maximum Gasteiger partial charge on any atom is 0.407 e. The molecule has 0 bridgehead atoms. The molecule has 112 valence electrons. The van der Waals surface area contributed by atoms with Crippen LogP contribution in [0.15, 0.2) is 24.3 Å². The van der Waals surface area contributed by atoms with Crippen molar-refractivity contribution in [2.45, 2.75) is 18.8 Å². The number of hydrogen-bond acceptors (Lipinski definition) is 3. The second kappa shape index (κ2) is 5.77. The number of amides is 1. The summed E-state index contributed by atoms with van der Waals surface area (Å²) in [7, 11) is 1.18. The molecule has 1 amide bonds. The molecule has 0 radical (unpaired) electrons. The lowest BCUT2D eigenvalue weighted by atomic mass is 10.0. The van der Waals surface area contributed by atoms with Gasteiger partial charge < -0.3 is 19.9 Å². The molecule has 21 heavy (non-hydrogen) atoms. The van der Waals surface area contributed by atoms with E-state index in [1.54, 1.807) is 0 Å². The minimum atomic E-state index is -2.62. The molecule has 2 aromatic rings. The average Bonchev–Trinajstić information content (AvgIpc) is 3.13. The Morgan fingerprint density at radius 1 is 1.67 bits per heavy atom. The minimum Gasteiger partial charge on any atom is -0.447 e. The van der Waals surface area contributed by atoms with Crippen molar-refractivity contribution in [1.82, 2.24) is 15.2 Å². The topological polar surface area (TPSA) is 57.4 Å². The van der Waals surface area contributed by atoms with E-state index in [2.05, 4.69) is 0 Å². The van der Waals surface area contributed by atoms with Crippen LogP contribution in [0.25, 0.3) is 10.9 Å². The molecule has 1 fully saturated rings. The number of aromatic amines is 1. The standard InChI is InChI=1S/C16H21N3O2/c1-19(2)6-5-12-9-17-15-4-3-11(8-14(12)15)7-13-10-21-16(20)18-13/h3-4,8-9,13,17H,5-7,10H2,1-2H3,(H,18,20)/t13-/m0/s1/i1D3,3D,4D,5D2,8D,9D/hD2. The number of nitrogens with zero attached hydrogens (tertiary/aromatic N) is 1. The van der Waals surface area contributed by atoms with Crippen molar-refractivity contribution in [3.05, 3.63) is 35.4 Å². The summed E-state index contributed by atoms with van der Waals surface area (Å²) < 4.78 is 93.3. The molecule has 2 N–H and O–H groups in total. The zero-order chi connectivity index (χ0) is 24.3. The second-order valence-electron chi connectivity index (χ2n) is 4.77. The van der Waals surface area contributed by atoms with Crippen molar-refractivity contribution < 1.29 is 24.7 Å². The molecule has 2 heterocycles. The predicted octanol–water partition coefficient (Wildman–Crippen LogP) is 1.92. The first-order valence-electron chi connectivity index (χ1n) is 11.8. The Morgan fingerprint density at radius 3 is 3.33 bits per heavy atom. The number of ether oxygens (including phenoxy) is 1. The molecule has 3 rings (SSSR count). The summed E-state index contributed by atoms with van der Waals surface area (Å²) >= 11 is 0. The third-order valence-corrected chi connectivity index (χ3v) is 2.99. The van der Waals surface area contributed by atoms with Crippen molar-refractivity contribution in [2.75, 3.05) is 27.2 Å². The van der Waals surface area contributed by atoms with Gasteiger partial charge in [-0.25, -0.2) is 4.79 Å². The molecule has 0 spiro atoms. The van der Waals surface area contributed by atoms with E-state index in [0.717, 1.165) is 4.90 Å². The highest BCUT2D eigenvalue weighted by molar-refractivity contribution is 5.84. The van der Waals surface area contributed by atoms with E-state index in [1.165, 1.54) is 7.05 Å². The lowest BCUT2D eigenvalue weighted by molar-refractivity contribution is 0.177. The van der Waals surface area contributed by atoms with E-state index < -0.39 is 61.9 Å². The summed E-state index contributed by atoms with van der Waals surface area (Å²) in [6.07, 6.45) is -4.23. The van der Waals surface area contributed by atoms with Crippen LogP contribution in [0.2, 0.25) is 2.82 Å². The van der Waals surface area contributed by atoms with Gasteiger partial charge in [-0.3, -0.25) is 0 Å². The van der Waals surface area contributed by atoms with Crippen LogP contribution in [-0.2, 0) is 17.5 Å². The Kier molecular flexibility index (Phi) is 1.65. The Labute approximate surface area is 139 Å². The van der Waals surface area contributed by atoms with Gasteiger partial charge in [-0.15, -0.1) is 0 Å². The number of rotatable bonds is 5. The molecule has 0 aliphatic carbocycles. The van der Waals surface area contributed by atoms with Crippen molar-refractivity contribution in [3.63, 3.8) is 0 Å². The smallest absolute Gasteiger partial charge is 0.407 e. The molecule has 5 nitrogen and oxygen atoms in total. The molecule has 1 aromatic carbocycles. The van der Waals surface area contributed by atoms with Crippen molar-refractivity contribution in [1.29, 1.82) is 0 Å². The monoisotopic (exact) mass is 298 g/mol. The molecule has 1 aliphatic rings. The third-order valence-electron chi connectivity index (χ3n) is 2.99. The minimum absolute atomic E-state index is 0.0603. The van der Waals surface area contributed by atoms with E-state index in [0.29, 0.717) is 10.3 Å². The number of cyclic esters (lactones) is 1. The number of likely N-dealkylation sites (N-methyl/N-ethyl adjacent to an activating group) is 1. The number of alkyl carbamates (subject to hydrolysis) is 1. The van der Waals surface area contributed by atoms with Gasteiger partial charge in [0.15, 0.2) is 2.82 Å². The van der Waals surface area contributed by atoms with Gasteiger partial charge in [-0.05, 0) is 50.0 Å². The van der Waals surface area contributed by atoms with Gasteiger partial charge in [0.2, 0.25) is 0 Å². The molecule has 1 atom stereocenters. The lowest BCUT2D eigenvalue weighted by Crippen LogP contribution is -2.28. The predicted molar refractivity (Wildman–Crippen MR) is 82.5 cm³/mol. The van der Waals surface area contributed by atoms with Gasteiger partial charge in [-0.1, -0.05) is 6.04 Å². The Morgan fingerprint density at radius 2 is 2.57 bits per heavy atom. The van der Waals surface area contributed by atoms with Gasteiger partial charge in [0.25, 0.3) is 0 Å². The van der Waals surface area contributed by atoms with Crippen LogP contribution in [0.1, 0.15) is 23.5 Å². The fraction of sp³-hybridized carbons (Fsp3) is 0.438. The first kappa shape index (κ1) is 6.01. The van der Waals surface area contributed by atoms with E-state index in [-0.39, 0.29) is 29.5 Å². The molecule has 1 aliphatic heterocycles. The highest BCUT2D eigenvalue weighted by Crippen LogP contribution is 2.21. The number of nitrogens with one attached hydrogen (secondary N) is 2. The van der Waals surface area contributed by atoms with Crippen molar-refractivity contribution in [3.8, 4) is 0 Å². The van der Waals surface area contributed by atoms with Crippen LogP contribution in [0.5, 0.6) is 0 Å². The van der Waals surface area contributed by atoms with Crippen LogP contribution in [0.3, 0.4) is 0 Å². The summed E-state index contributed by atoms with van der Waals surface area (Å²) in [6.45, 7) is -3.46. The third kappa shape index (κ3) is 3.19. The normalized spacial score (nSPS) is 27.5. The van der Waals surface area contributed by atoms with Gasteiger partial charge in [0, 0.05) is 30.5 Å². The van der Waals surface area contributed by atoms with Crippen LogP contribution in [0.4, 0.5) is 4.79 Å². The zero-order valence-electron chi connectivity index (χ0n) is 22.4.